The first-order valence-corrected chi connectivity index (χ1v) is 11.2. The lowest BCUT2D eigenvalue weighted by Gasteiger charge is -2.21. The molecule has 0 bridgehead atoms. The predicted molar refractivity (Wildman–Crippen MR) is 107 cm³/mol. The van der Waals surface area contributed by atoms with Crippen molar-refractivity contribution in [3.05, 3.63) is 77.8 Å². The van der Waals surface area contributed by atoms with E-state index in [4.69, 9.17) is 4.74 Å². The molecule has 12 heteroatoms. The van der Waals surface area contributed by atoms with Crippen molar-refractivity contribution in [2.45, 2.75) is 23.2 Å². The summed E-state index contributed by atoms with van der Waals surface area (Å²) in [7, 11) is -2.42. The van der Waals surface area contributed by atoms with Crippen molar-refractivity contribution in [3.63, 3.8) is 0 Å². The van der Waals surface area contributed by atoms with Crippen LogP contribution in [0.3, 0.4) is 0 Å². The molecule has 1 aliphatic heterocycles. The van der Waals surface area contributed by atoms with Crippen molar-refractivity contribution in [2.75, 3.05) is 13.1 Å². The second kappa shape index (κ2) is 8.41. The molecule has 2 aromatic carbocycles. The third kappa shape index (κ3) is 4.71. The van der Waals surface area contributed by atoms with Gasteiger partial charge < -0.3 is 9.30 Å². The van der Waals surface area contributed by atoms with Crippen molar-refractivity contribution < 1.29 is 35.1 Å². The molecule has 1 fully saturated rings. The van der Waals surface area contributed by atoms with Crippen LogP contribution in [0.25, 0.3) is 0 Å². The number of nitrogens with zero attached hydrogens (tertiary/aromatic N) is 3. The third-order valence-electron chi connectivity index (χ3n) is 5.35. The Morgan fingerprint density at radius 1 is 1.06 bits per heavy atom. The monoisotopic (exact) mass is 487 g/mol. The molecule has 0 spiro atoms. The summed E-state index contributed by atoms with van der Waals surface area (Å²) in [6.45, 7) is -0.262. The maximum Gasteiger partial charge on any atom is 0.419 e. The molecule has 0 radical (unpaired) electrons. The van der Waals surface area contributed by atoms with Gasteiger partial charge in [0, 0.05) is 25.7 Å². The van der Waals surface area contributed by atoms with Gasteiger partial charge in [0.05, 0.1) is 18.4 Å². The Bertz CT molecular complexity index is 1260. The fraction of sp³-hybridized carbons (Fsp3) is 0.286. The molecule has 1 aromatic heterocycles. The molecule has 0 aliphatic carbocycles. The number of alkyl halides is 3. The van der Waals surface area contributed by atoms with Crippen LogP contribution in [0, 0.1) is 11.6 Å². The van der Waals surface area contributed by atoms with Gasteiger partial charge in [0.15, 0.2) is 5.03 Å². The number of sulfonamides is 1. The summed E-state index contributed by atoms with van der Waals surface area (Å²) in [5.41, 5.74) is -0.951. The van der Waals surface area contributed by atoms with Crippen LogP contribution >= 0.6 is 0 Å². The van der Waals surface area contributed by atoms with Gasteiger partial charge >= 0.3 is 6.18 Å². The van der Waals surface area contributed by atoms with E-state index in [2.05, 4.69) is 4.98 Å². The Labute approximate surface area is 186 Å². The summed E-state index contributed by atoms with van der Waals surface area (Å²) < 4.78 is 101. The summed E-state index contributed by atoms with van der Waals surface area (Å²) in [6.07, 6.45) is -3.19. The number of hydrogen-bond donors (Lipinski definition) is 0. The fourth-order valence-corrected chi connectivity index (χ4v) is 5.15. The van der Waals surface area contributed by atoms with E-state index in [1.807, 2.05) is 0 Å². The van der Waals surface area contributed by atoms with Crippen molar-refractivity contribution in [2.24, 2.45) is 7.05 Å². The van der Waals surface area contributed by atoms with Gasteiger partial charge in [0.25, 0.3) is 10.0 Å². The Morgan fingerprint density at radius 3 is 2.36 bits per heavy atom. The number of imidazole rings is 1. The van der Waals surface area contributed by atoms with E-state index >= 15 is 0 Å². The SMILES string of the molecule is Cn1cnc(S(=O)(=O)N2CC(Oc3ccc(F)c(C(F)(F)F)c3)C(c3ccc(F)cc3)C2)c1. The number of benzene rings is 2. The Balaban J connectivity index is 1.67. The molecule has 33 heavy (non-hydrogen) atoms. The topological polar surface area (TPSA) is 64.4 Å². The highest BCUT2D eigenvalue weighted by molar-refractivity contribution is 7.89. The average Bonchev–Trinajstić information content (AvgIpc) is 3.36. The number of halogens is 5. The highest BCUT2D eigenvalue weighted by Gasteiger charge is 2.43. The number of aryl methyl sites for hydroxylation is 1. The maximum absolute atomic E-state index is 13.7. The van der Waals surface area contributed by atoms with E-state index in [0.29, 0.717) is 17.7 Å². The molecular weight excluding hydrogens is 469 g/mol. The van der Waals surface area contributed by atoms with Crippen molar-refractivity contribution in [1.29, 1.82) is 0 Å². The zero-order valence-corrected chi connectivity index (χ0v) is 17.9. The van der Waals surface area contributed by atoms with Crippen molar-refractivity contribution >= 4 is 10.0 Å². The van der Waals surface area contributed by atoms with Crippen LogP contribution in [0.5, 0.6) is 5.75 Å². The van der Waals surface area contributed by atoms with Gasteiger partial charge in [-0.3, -0.25) is 0 Å². The van der Waals surface area contributed by atoms with Gasteiger partial charge in [0.1, 0.15) is 23.5 Å². The summed E-state index contributed by atoms with van der Waals surface area (Å²) in [5.74, 6) is -2.84. The Morgan fingerprint density at radius 2 is 1.76 bits per heavy atom. The summed E-state index contributed by atoms with van der Waals surface area (Å²) in [6, 6.07) is 7.53. The van der Waals surface area contributed by atoms with E-state index < -0.39 is 45.4 Å². The van der Waals surface area contributed by atoms with Crippen LogP contribution < -0.4 is 4.74 Å². The van der Waals surface area contributed by atoms with Gasteiger partial charge in [-0.1, -0.05) is 12.1 Å². The standard InChI is InChI=1S/C21H18F5N3O3S/c1-28-11-20(27-12-28)33(30,31)29-9-16(13-2-4-14(22)5-3-13)19(10-29)32-15-6-7-18(23)17(8-15)21(24,25)26/h2-8,11-12,16,19H,9-10H2,1H3. The van der Waals surface area contributed by atoms with Gasteiger partial charge in [-0.15, -0.1) is 0 Å². The van der Waals surface area contributed by atoms with Crippen LogP contribution in [-0.4, -0.2) is 41.5 Å². The summed E-state index contributed by atoms with van der Waals surface area (Å²) >= 11 is 0. The quantitative estimate of drug-likeness (QED) is 0.512. The molecule has 1 aliphatic rings. The molecule has 2 unspecified atom stereocenters. The first-order valence-electron chi connectivity index (χ1n) is 9.72. The molecule has 2 atom stereocenters. The number of ether oxygens (including phenoxy) is 1. The summed E-state index contributed by atoms with van der Waals surface area (Å²) in [5, 5.41) is -0.190. The Hall–Kier alpha value is -2.99. The lowest BCUT2D eigenvalue weighted by molar-refractivity contribution is -0.140. The van der Waals surface area contributed by atoms with Crippen LogP contribution in [-0.2, 0) is 23.2 Å². The molecule has 0 amide bonds. The minimum Gasteiger partial charge on any atom is -0.488 e. The van der Waals surface area contributed by atoms with Crippen LogP contribution in [0.1, 0.15) is 17.0 Å². The van der Waals surface area contributed by atoms with Gasteiger partial charge in [-0.05, 0) is 35.9 Å². The van der Waals surface area contributed by atoms with Crippen LogP contribution in [0.15, 0.2) is 60.0 Å². The van der Waals surface area contributed by atoms with Gasteiger partial charge in [0.2, 0.25) is 0 Å². The van der Waals surface area contributed by atoms with E-state index in [0.717, 1.165) is 10.4 Å². The smallest absolute Gasteiger partial charge is 0.419 e. The predicted octanol–water partition coefficient (Wildman–Crippen LogP) is 3.95. The second-order valence-corrected chi connectivity index (χ2v) is 9.54. The first kappa shape index (κ1) is 23.2. The largest absolute Gasteiger partial charge is 0.488 e. The van der Waals surface area contributed by atoms with Gasteiger partial charge in [-0.25, -0.2) is 22.2 Å². The lowest BCUT2D eigenvalue weighted by atomic mass is 9.96. The lowest BCUT2D eigenvalue weighted by Crippen LogP contribution is -2.31. The van der Waals surface area contributed by atoms with E-state index in [1.165, 1.54) is 41.4 Å². The maximum atomic E-state index is 13.7. The molecule has 2 heterocycles. The highest BCUT2D eigenvalue weighted by atomic mass is 32.2. The minimum atomic E-state index is -4.93. The van der Waals surface area contributed by atoms with E-state index in [9.17, 15) is 30.4 Å². The van der Waals surface area contributed by atoms with Crippen LogP contribution in [0.4, 0.5) is 22.0 Å². The zero-order chi connectivity index (χ0) is 24.0. The van der Waals surface area contributed by atoms with Crippen molar-refractivity contribution in [3.8, 4) is 5.75 Å². The molecule has 1 saturated heterocycles. The molecule has 0 N–H and O–H groups in total. The van der Waals surface area contributed by atoms with E-state index in [-0.39, 0.29) is 23.9 Å². The van der Waals surface area contributed by atoms with E-state index in [1.54, 1.807) is 7.05 Å². The third-order valence-corrected chi connectivity index (χ3v) is 7.06. The summed E-state index contributed by atoms with van der Waals surface area (Å²) in [4.78, 5) is 3.88. The minimum absolute atomic E-state index is 0.0669. The second-order valence-electron chi connectivity index (χ2n) is 7.65. The number of aromatic nitrogens is 2. The molecule has 6 nitrogen and oxygen atoms in total. The molecule has 176 valence electrons. The molecule has 0 saturated carbocycles. The van der Waals surface area contributed by atoms with Gasteiger partial charge in [-0.2, -0.15) is 17.5 Å². The first-order chi connectivity index (χ1) is 15.4. The van der Waals surface area contributed by atoms with Crippen LogP contribution in [0.2, 0.25) is 0 Å². The number of rotatable bonds is 5. The normalized spacial score (nSPS) is 19.7. The fourth-order valence-electron chi connectivity index (χ4n) is 3.71. The molecular formula is C21H18F5N3O3S. The highest BCUT2D eigenvalue weighted by Crippen LogP contribution is 2.37. The van der Waals surface area contributed by atoms with Crippen molar-refractivity contribution in [1.82, 2.24) is 13.9 Å². The molecule has 3 aromatic rings. The number of hydrogen-bond acceptors (Lipinski definition) is 4. The zero-order valence-electron chi connectivity index (χ0n) is 17.1. The Kier molecular flexibility index (Phi) is 5.91. The molecule has 4 rings (SSSR count). The average molecular weight is 487 g/mol.